The molecule has 0 radical (unpaired) electrons. The minimum absolute atomic E-state index is 0.258. The van der Waals surface area contributed by atoms with E-state index >= 15 is 0 Å². The highest BCUT2D eigenvalue weighted by atomic mass is 16.5. The molecule has 7 nitrogen and oxygen atoms in total. The van der Waals surface area contributed by atoms with Crippen LogP contribution in [0.25, 0.3) is 21.9 Å². The molecule has 0 aliphatic carbocycles. The van der Waals surface area contributed by atoms with Crippen molar-refractivity contribution in [3.05, 3.63) is 82.4 Å². The van der Waals surface area contributed by atoms with E-state index in [1.54, 1.807) is 31.2 Å². The average molecular weight is 391 g/mol. The zero-order valence-corrected chi connectivity index (χ0v) is 15.5. The van der Waals surface area contributed by atoms with Gasteiger partial charge in [-0.05, 0) is 31.2 Å². The number of carbonyl (C=O) groups excluding carboxylic acids is 2. The third kappa shape index (κ3) is 3.89. The first-order valence-electron chi connectivity index (χ1n) is 8.99. The summed E-state index contributed by atoms with van der Waals surface area (Å²) in [6.07, 6.45) is 0. The number of ether oxygens (including phenoxy) is 1. The van der Waals surface area contributed by atoms with Gasteiger partial charge in [0.25, 0.3) is 5.91 Å². The molecule has 0 saturated carbocycles. The third-order valence-corrected chi connectivity index (χ3v) is 4.42. The Bertz CT molecular complexity index is 1240. The molecule has 0 aliphatic heterocycles. The molecule has 2 aromatic heterocycles. The Balaban J connectivity index is 1.39. The summed E-state index contributed by atoms with van der Waals surface area (Å²) < 4.78 is 16.1. The van der Waals surface area contributed by atoms with E-state index < -0.39 is 24.5 Å². The van der Waals surface area contributed by atoms with Crippen molar-refractivity contribution >= 4 is 33.8 Å². The fourth-order valence-electron chi connectivity index (χ4n) is 2.98. The standard InChI is InChI=1S/C22H17NO6/c1-13(19-10-14-6-2-4-8-17(14)28-19)23-21(25)12-27-22(26)20-11-16(24)15-7-3-5-9-18(15)29-20/h2-11,13H,12H2,1H3,(H,23,25)/t13-/m1/s1. The highest BCUT2D eigenvalue weighted by Crippen LogP contribution is 2.23. The maximum absolute atomic E-state index is 12.2. The van der Waals surface area contributed by atoms with Gasteiger partial charge >= 0.3 is 5.97 Å². The molecule has 1 N–H and O–H groups in total. The predicted octanol–water partition coefficient (Wildman–Crippen LogP) is 3.57. The van der Waals surface area contributed by atoms with Crippen molar-refractivity contribution in [2.75, 3.05) is 6.61 Å². The molecule has 2 heterocycles. The number of carbonyl (C=O) groups is 2. The van der Waals surface area contributed by atoms with Gasteiger partial charge in [0.15, 0.2) is 12.0 Å². The summed E-state index contributed by atoms with van der Waals surface area (Å²) in [7, 11) is 0. The van der Waals surface area contributed by atoms with Gasteiger partial charge in [0.1, 0.15) is 16.9 Å². The second-order valence-electron chi connectivity index (χ2n) is 6.52. The highest BCUT2D eigenvalue weighted by molar-refractivity contribution is 5.90. The van der Waals surface area contributed by atoms with Gasteiger partial charge in [-0.25, -0.2) is 4.79 Å². The van der Waals surface area contributed by atoms with Crippen LogP contribution in [0.15, 0.2) is 74.3 Å². The number of hydrogen-bond acceptors (Lipinski definition) is 6. The van der Waals surface area contributed by atoms with Gasteiger partial charge in [-0.3, -0.25) is 9.59 Å². The molecule has 29 heavy (non-hydrogen) atoms. The Morgan fingerprint density at radius 2 is 1.72 bits per heavy atom. The lowest BCUT2D eigenvalue weighted by Gasteiger charge is -2.11. The van der Waals surface area contributed by atoms with Crippen molar-refractivity contribution in [3.63, 3.8) is 0 Å². The van der Waals surface area contributed by atoms with Crippen LogP contribution in [0, 0.1) is 0 Å². The van der Waals surface area contributed by atoms with E-state index in [0.29, 0.717) is 11.1 Å². The highest BCUT2D eigenvalue weighted by Gasteiger charge is 2.18. The molecule has 7 heteroatoms. The zero-order valence-electron chi connectivity index (χ0n) is 15.5. The van der Waals surface area contributed by atoms with Gasteiger partial charge < -0.3 is 18.9 Å². The van der Waals surface area contributed by atoms with Crippen LogP contribution in [-0.2, 0) is 9.53 Å². The van der Waals surface area contributed by atoms with Crippen molar-refractivity contribution in [1.29, 1.82) is 0 Å². The molecular formula is C22H17NO6. The van der Waals surface area contributed by atoms with E-state index in [1.807, 2.05) is 30.3 Å². The van der Waals surface area contributed by atoms with E-state index in [4.69, 9.17) is 13.6 Å². The fourth-order valence-corrected chi connectivity index (χ4v) is 2.98. The smallest absolute Gasteiger partial charge is 0.374 e. The van der Waals surface area contributed by atoms with Gasteiger partial charge in [0.2, 0.25) is 5.76 Å². The van der Waals surface area contributed by atoms with Crippen molar-refractivity contribution in [2.45, 2.75) is 13.0 Å². The van der Waals surface area contributed by atoms with Gasteiger partial charge in [0.05, 0.1) is 11.4 Å². The Morgan fingerprint density at radius 1 is 1.00 bits per heavy atom. The minimum atomic E-state index is -0.889. The van der Waals surface area contributed by atoms with Crippen molar-refractivity contribution in [3.8, 4) is 0 Å². The zero-order chi connectivity index (χ0) is 20.4. The molecule has 4 aromatic rings. The number of fused-ring (bicyclic) bond motifs is 2. The first kappa shape index (κ1) is 18.5. The molecule has 4 rings (SSSR count). The first-order chi connectivity index (χ1) is 14.0. The summed E-state index contributed by atoms with van der Waals surface area (Å²) >= 11 is 0. The van der Waals surface area contributed by atoms with Crippen LogP contribution in [0.4, 0.5) is 0 Å². The van der Waals surface area contributed by atoms with E-state index in [2.05, 4.69) is 5.32 Å². The van der Waals surface area contributed by atoms with Gasteiger partial charge in [-0.2, -0.15) is 0 Å². The Hall–Kier alpha value is -3.87. The molecule has 0 spiro atoms. The number of benzene rings is 2. The molecule has 146 valence electrons. The van der Waals surface area contributed by atoms with Crippen LogP contribution in [-0.4, -0.2) is 18.5 Å². The summed E-state index contributed by atoms with van der Waals surface area (Å²) in [6, 6.07) is 16.6. The summed E-state index contributed by atoms with van der Waals surface area (Å²) in [5.74, 6) is -1.06. The third-order valence-electron chi connectivity index (χ3n) is 4.42. The van der Waals surface area contributed by atoms with Gasteiger partial charge in [-0.1, -0.05) is 30.3 Å². The lowest BCUT2D eigenvalue weighted by molar-refractivity contribution is -0.125. The monoisotopic (exact) mass is 391 g/mol. The molecule has 0 unspecified atom stereocenters. The van der Waals surface area contributed by atoms with Crippen molar-refractivity contribution < 1.29 is 23.2 Å². The predicted molar refractivity (Wildman–Crippen MR) is 106 cm³/mol. The Morgan fingerprint density at radius 3 is 2.52 bits per heavy atom. The number of esters is 1. The number of nitrogens with one attached hydrogen (secondary N) is 1. The molecule has 1 atom stereocenters. The summed E-state index contributed by atoms with van der Waals surface area (Å²) in [4.78, 5) is 36.4. The average Bonchev–Trinajstić information content (AvgIpc) is 3.16. The quantitative estimate of drug-likeness (QED) is 0.522. The largest absolute Gasteiger partial charge is 0.459 e. The summed E-state index contributed by atoms with van der Waals surface area (Å²) in [5.41, 5.74) is 0.637. The number of furan rings is 1. The maximum atomic E-state index is 12.2. The Labute approximate surface area is 164 Å². The molecule has 0 bridgehead atoms. The number of amides is 1. The lowest BCUT2D eigenvalue weighted by atomic mass is 10.2. The molecule has 0 saturated heterocycles. The van der Waals surface area contributed by atoms with Crippen LogP contribution < -0.4 is 10.7 Å². The first-order valence-corrected chi connectivity index (χ1v) is 8.99. The van der Waals surface area contributed by atoms with Crippen LogP contribution in [0.5, 0.6) is 0 Å². The van der Waals surface area contributed by atoms with Crippen LogP contribution in [0.1, 0.15) is 29.3 Å². The van der Waals surface area contributed by atoms with E-state index in [1.165, 1.54) is 0 Å². The normalized spacial score (nSPS) is 12.0. The van der Waals surface area contributed by atoms with Crippen LogP contribution in [0.3, 0.4) is 0 Å². The second-order valence-corrected chi connectivity index (χ2v) is 6.52. The number of para-hydroxylation sites is 2. The minimum Gasteiger partial charge on any atom is -0.459 e. The Kier molecular flexibility index (Phi) is 4.87. The number of hydrogen-bond donors (Lipinski definition) is 1. The summed E-state index contributed by atoms with van der Waals surface area (Å²) in [5, 5.41) is 4.00. The van der Waals surface area contributed by atoms with E-state index in [9.17, 15) is 14.4 Å². The van der Waals surface area contributed by atoms with Crippen molar-refractivity contribution in [1.82, 2.24) is 5.32 Å². The molecular weight excluding hydrogens is 374 g/mol. The van der Waals surface area contributed by atoms with E-state index in [-0.39, 0.29) is 16.8 Å². The molecule has 1 amide bonds. The van der Waals surface area contributed by atoms with Crippen LogP contribution in [0.2, 0.25) is 0 Å². The maximum Gasteiger partial charge on any atom is 0.374 e. The van der Waals surface area contributed by atoms with Gasteiger partial charge in [0, 0.05) is 11.5 Å². The topological polar surface area (TPSA) is 98.8 Å². The molecule has 0 aliphatic rings. The molecule has 2 aromatic carbocycles. The van der Waals surface area contributed by atoms with E-state index in [0.717, 1.165) is 17.0 Å². The lowest BCUT2D eigenvalue weighted by Crippen LogP contribution is -2.31. The fraction of sp³-hybridized carbons (Fsp3) is 0.136. The molecule has 0 fully saturated rings. The second kappa shape index (κ2) is 7.63. The van der Waals surface area contributed by atoms with Gasteiger partial charge in [-0.15, -0.1) is 0 Å². The number of rotatable bonds is 5. The van der Waals surface area contributed by atoms with Crippen LogP contribution >= 0.6 is 0 Å². The summed E-state index contributed by atoms with van der Waals surface area (Å²) in [6.45, 7) is 1.25. The van der Waals surface area contributed by atoms with Crippen molar-refractivity contribution in [2.24, 2.45) is 0 Å². The SMILES string of the molecule is C[C@@H](NC(=O)COC(=O)c1cc(=O)c2ccccc2o1)c1cc2ccccc2o1.